The Morgan fingerprint density at radius 2 is 2.13 bits per heavy atom. The van der Waals surface area contributed by atoms with Crippen molar-refractivity contribution < 1.29 is 9.59 Å². The van der Waals surface area contributed by atoms with Gasteiger partial charge in [0.05, 0.1) is 0 Å². The molecule has 1 saturated heterocycles. The standard InChI is InChI=1S/C11H20N2O2/c1-8(2)9(3)12-11(15)10-5-4-6-13(10)7-14/h7-10H,4-6H2,1-3H3,(H,12,15)/t9?,10-/m0/s1. The fraction of sp³-hybridized carbons (Fsp3) is 0.818. The predicted molar refractivity (Wildman–Crippen MR) is 58.2 cm³/mol. The summed E-state index contributed by atoms with van der Waals surface area (Å²) in [6.45, 7) is 6.83. The summed E-state index contributed by atoms with van der Waals surface area (Å²) in [5.74, 6) is 0.404. The molecule has 1 unspecified atom stereocenters. The van der Waals surface area contributed by atoms with Gasteiger partial charge >= 0.3 is 0 Å². The lowest BCUT2D eigenvalue weighted by molar-refractivity contribution is -0.131. The largest absolute Gasteiger partial charge is 0.352 e. The molecule has 0 aromatic heterocycles. The minimum atomic E-state index is -0.247. The van der Waals surface area contributed by atoms with E-state index in [9.17, 15) is 9.59 Å². The van der Waals surface area contributed by atoms with Crippen LogP contribution in [-0.4, -0.2) is 35.8 Å². The van der Waals surface area contributed by atoms with Gasteiger partial charge in [0.25, 0.3) is 0 Å². The van der Waals surface area contributed by atoms with Crippen LogP contribution in [-0.2, 0) is 9.59 Å². The van der Waals surface area contributed by atoms with Crippen molar-refractivity contribution in [3.63, 3.8) is 0 Å². The topological polar surface area (TPSA) is 49.4 Å². The highest BCUT2D eigenvalue weighted by atomic mass is 16.2. The number of rotatable bonds is 4. The van der Waals surface area contributed by atoms with E-state index in [1.54, 1.807) is 4.90 Å². The Hall–Kier alpha value is -1.06. The summed E-state index contributed by atoms with van der Waals surface area (Å²) in [5.41, 5.74) is 0. The zero-order valence-corrected chi connectivity index (χ0v) is 9.69. The lowest BCUT2D eigenvalue weighted by Crippen LogP contribution is -2.47. The number of nitrogens with zero attached hydrogens (tertiary/aromatic N) is 1. The van der Waals surface area contributed by atoms with Crippen molar-refractivity contribution in [1.82, 2.24) is 10.2 Å². The molecule has 4 heteroatoms. The number of hydrogen-bond donors (Lipinski definition) is 1. The molecule has 1 aliphatic heterocycles. The van der Waals surface area contributed by atoms with Gasteiger partial charge < -0.3 is 10.2 Å². The normalized spacial score (nSPS) is 22.9. The minimum Gasteiger partial charge on any atom is -0.352 e. The second-order valence-electron chi connectivity index (χ2n) is 4.54. The molecule has 1 N–H and O–H groups in total. The Labute approximate surface area is 91.0 Å². The molecule has 0 spiro atoms. The average molecular weight is 212 g/mol. The Morgan fingerprint density at radius 1 is 1.47 bits per heavy atom. The van der Waals surface area contributed by atoms with Crippen LogP contribution in [0.2, 0.25) is 0 Å². The van der Waals surface area contributed by atoms with E-state index < -0.39 is 0 Å². The molecule has 0 bridgehead atoms. The zero-order chi connectivity index (χ0) is 11.4. The molecule has 1 aliphatic rings. The first kappa shape index (κ1) is 12.0. The van der Waals surface area contributed by atoms with Crippen LogP contribution in [0.4, 0.5) is 0 Å². The molecule has 0 aliphatic carbocycles. The molecular weight excluding hydrogens is 192 g/mol. The van der Waals surface area contributed by atoms with Gasteiger partial charge in [-0.25, -0.2) is 0 Å². The summed E-state index contributed by atoms with van der Waals surface area (Å²) in [6.07, 6.45) is 2.49. The lowest BCUT2D eigenvalue weighted by atomic mass is 10.1. The molecule has 4 nitrogen and oxygen atoms in total. The van der Waals surface area contributed by atoms with Crippen LogP contribution >= 0.6 is 0 Å². The summed E-state index contributed by atoms with van der Waals surface area (Å²) >= 11 is 0. The molecule has 86 valence electrons. The van der Waals surface area contributed by atoms with Gasteiger partial charge in [-0.1, -0.05) is 13.8 Å². The first-order chi connectivity index (χ1) is 7.06. The third kappa shape index (κ3) is 2.94. The maximum absolute atomic E-state index is 11.8. The molecule has 0 aromatic carbocycles. The van der Waals surface area contributed by atoms with Crippen LogP contribution in [0.25, 0.3) is 0 Å². The van der Waals surface area contributed by atoms with Crippen LogP contribution in [0.15, 0.2) is 0 Å². The molecule has 1 heterocycles. The van der Waals surface area contributed by atoms with E-state index in [0.29, 0.717) is 12.5 Å². The third-order valence-electron chi connectivity index (χ3n) is 3.10. The van der Waals surface area contributed by atoms with Crippen LogP contribution < -0.4 is 5.32 Å². The Kier molecular flexibility index (Phi) is 4.12. The van der Waals surface area contributed by atoms with Gasteiger partial charge in [0.15, 0.2) is 0 Å². The SMILES string of the molecule is CC(C)C(C)NC(=O)[C@@H]1CCCN1C=O. The molecule has 2 atom stereocenters. The number of carbonyl (C=O) groups excluding carboxylic acids is 2. The van der Waals surface area contributed by atoms with Crippen molar-refractivity contribution in [2.24, 2.45) is 5.92 Å². The average Bonchev–Trinajstić information content (AvgIpc) is 2.64. The van der Waals surface area contributed by atoms with E-state index in [4.69, 9.17) is 0 Å². The van der Waals surface area contributed by atoms with Crippen molar-refractivity contribution in [1.29, 1.82) is 0 Å². The third-order valence-corrected chi connectivity index (χ3v) is 3.10. The lowest BCUT2D eigenvalue weighted by Gasteiger charge is -2.23. The van der Waals surface area contributed by atoms with Gasteiger partial charge in [-0.2, -0.15) is 0 Å². The fourth-order valence-corrected chi connectivity index (χ4v) is 1.68. The van der Waals surface area contributed by atoms with E-state index in [2.05, 4.69) is 19.2 Å². The summed E-state index contributed by atoms with van der Waals surface area (Å²) in [7, 11) is 0. The molecule has 2 amide bonds. The Balaban J connectivity index is 2.49. The molecule has 15 heavy (non-hydrogen) atoms. The predicted octanol–water partition coefficient (Wildman–Crippen LogP) is 0.768. The molecular formula is C11H20N2O2. The van der Waals surface area contributed by atoms with Gasteiger partial charge in [-0.3, -0.25) is 9.59 Å². The molecule has 1 rings (SSSR count). The van der Waals surface area contributed by atoms with Crippen molar-refractivity contribution in [3.8, 4) is 0 Å². The summed E-state index contributed by atoms with van der Waals surface area (Å²) < 4.78 is 0. The number of carbonyl (C=O) groups is 2. The van der Waals surface area contributed by atoms with Crippen LogP contribution in [0.1, 0.15) is 33.6 Å². The maximum atomic E-state index is 11.8. The van der Waals surface area contributed by atoms with E-state index in [0.717, 1.165) is 19.3 Å². The molecule has 0 aromatic rings. The number of nitrogens with one attached hydrogen (secondary N) is 1. The second-order valence-corrected chi connectivity index (χ2v) is 4.54. The highest BCUT2D eigenvalue weighted by Gasteiger charge is 2.30. The van der Waals surface area contributed by atoms with Crippen LogP contribution in [0.5, 0.6) is 0 Å². The highest BCUT2D eigenvalue weighted by molar-refractivity contribution is 5.84. The van der Waals surface area contributed by atoms with Gasteiger partial charge in [-0.15, -0.1) is 0 Å². The summed E-state index contributed by atoms with van der Waals surface area (Å²) in [5, 5.41) is 2.95. The maximum Gasteiger partial charge on any atom is 0.243 e. The van der Waals surface area contributed by atoms with E-state index in [1.165, 1.54) is 0 Å². The first-order valence-corrected chi connectivity index (χ1v) is 5.57. The number of hydrogen-bond acceptors (Lipinski definition) is 2. The molecule has 1 fully saturated rings. The van der Waals surface area contributed by atoms with Gasteiger partial charge in [-0.05, 0) is 25.7 Å². The van der Waals surface area contributed by atoms with Crippen molar-refractivity contribution in [2.75, 3.05) is 6.54 Å². The van der Waals surface area contributed by atoms with Gasteiger partial charge in [0.1, 0.15) is 6.04 Å². The zero-order valence-electron chi connectivity index (χ0n) is 9.69. The molecule has 0 saturated carbocycles. The minimum absolute atomic E-state index is 0.0131. The van der Waals surface area contributed by atoms with Crippen molar-refractivity contribution >= 4 is 12.3 Å². The van der Waals surface area contributed by atoms with E-state index in [-0.39, 0.29) is 18.0 Å². The first-order valence-electron chi connectivity index (χ1n) is 5.57. The second kappa shape index (κ2) is 5.14. The van der Waals surface area contributed by atoms with E-state index in [1.807, 2.05) is 6.92 Å². The number of likely N-dealkylation sites (tertiary alicyclic amines) is 1. The molecule has 0 radical (unpaired) electrons. The van der Waals surface area contributed by atoms with Gasteiger partial charge in [0, 0.05) is 12.6 Å². The summed E-state index contributed by atoms with van der Waals surface area (Å²) in [6, 6.07) is -0.0877. The smallest absolute Gasteiger partial charge is 0.243 e. The number of amides is 2. The fourth-order valence-electron chi connectivity index (χ4n) is 1.68. The Bertz CT molecular complexity index is 241. The van der Waals surface area contributed by atoms with E-state index >= 15 is 0 Å². The van der Waals surface area contributed by atoms with Crippen molar-refractivity contribution in [2.45, 2.75) is 45.7 Å². The van der Waals surface area contributed by atoms with Crippen LogP contribution in [0.3, 0.4) is 0 Å². The Morgan fingerprint density at radius 3 is 2.67 bits per heavy atom. The summed E-state index contributed by atoms with van der Waals surface area (Å²) in [4.78, 5) is 24.1. The van der Waals surface area contributed by atoms with Gasteiger partial charge in [0.2, 0.25) is 12.3 Å². The highest BCUT2D eigenvalue weighted by Crippen LogP contribution is 2.15. The monoisotopic (exact) mass is 212 g/mol. The van der Waals surface area contributed by atoms with Crippen molar-refractivity contribution in [3.05, 3.63) is 0 Å². The quantitative estimate of drug-likeness (QED) is 0.700. The van der Waals surface area contributed by atoms with Crippen LogP contribution in [0, 0.1) is 5.92 Å².